The minimum Gasteiger partial charge on any atom is -0.378 e. The summed E-state index contributed by atoms with van der Waals surface area (Å²) < 4.78 is 5.33. The fourth-order valence-corrected chi connectivity index (χ4v) is 2.59. The molecule has 0 aliphatic heterocycles. The molecule has 1 aliphatic rings. The van der Waals surface area contributed by atoms with Crippen molar-refractivity contribution >= 4 is 5.78 Å². The second-order valence-electron chi connectivity index (χ2n) is 5.74. The summed E-state index contributed by atoms with van der Waals surface area (Å²) in [6.07, 6.45) is 6.52. The van der Waals surface area contributed by atoms with E-state index < -0.39 is 0 Å². The molecule has 0 spiro atoms. The molecule has 0 amide bonds. The molecule has 2 unspecified atom stereocenters. The van der Waals surface area contributed by atoms with E-state index in [1.807, 2.05) is 13.8 Å². The third kappa shape index (κ3) is 3.89. The molecule has 2 heteroatoms. The summed E-state index contributed by atoms with van der Waals surface area (Å²) in [5.74, 6) is 1.48. The molecule has 0 N–H and O–H groups in total. The number of methoxy groups -OCH3 is 1. The number of ether oxygens (including phenoxy) is 1. The molecule has 1 aliphatic carbocycles. The Morgan fingerprint density at radius 2 is 2.06 bits per heavy atom. The van der Waals surface area contributed by atoms with Crippen molar-refractivity contribution < 1.29 is 9.53 Å². The monoisotopic (exact) mass is 226 g/mol. The van der Waals surface area contributed by atoms with Gasteiger partial charge in [0.15, 0.2) is 0 Å². The Labute approximate surface area is 99.8 Å². The summed E-state index contributed by atoms with van der Waals surface area (Å²) >= 11 is 0. The highest BCUT2D eigenvalue weighted by Crippen LogP contribution is 2.33. The number of hydrogen-bond donors (Lipinski definition) is 0. The minimum atomic E-state index is -0.295. The first kappa shape index (κ1) is 13.7. The summed E-state index contributed by atoms with van der Waals surface area (Å²) in [6, 6.07) is 0. The SMILES string of the molecule is CCC1CCCC(C(=O)CC(C)(C)OC)C1. The molecule has 1 fully saturated rings. The van der Waals surface area contributed by atoms with Crippen molar-refractivity contribution in [3.63, 3.8) is 0 Å². The van der Waals surface area contributed by atoms with E-state index in [-0.39, 0.29) is 5.60 Å². The van der Waals surface area contributed by atoms with Gasteiger partial charge in [-0.05, 0) is 32.6 Å². The van der Waals surface area contributed by atoms with Crippen LogP contribution in [-0.4, -0.2) is 18.5 Å². The van der Waals surface area contributed by atoms with Crippen molar-refractivity contribution in [2.24, 2.45) is 11.8 Å². The molecule has 0 aromatic rings. The van der Waals surface area contributed by atoms with Crippen molar-refractivity contribution in [3.05, 3.63) is 0 Å². The quantitative estimate of drug-likeness (QED) is 0.716. The van der Waals surface area contributed by atoms with Gasteiger partial charge in [-0.15, -0.1) is 0 Å². The summed E-state index contributed by atoms with van der Waals surface area (Å²) in [4.78, 5) is 12.2. The molecule has 1 saturated carbocycles. The summed E-state index contributed by atoms with van der Waals surface area (Å²) in [7, 11) is 1.68. The van der Waals surface area contributed by atoms with Crippen LogP contribution in [0.15, 0.2) is 0 Å². The first-order chi connectivity index (χ1) is 7.48. The fourth-order valence-electron chi connectivity index (χ4n) is 2.59. The molecule has 0 heterocycles. The molecule has 94 valence electrons. The first-order valence-electron chi connectivity index (χ1n) is 6.56. The predicted octanol–water partition coefficient (Wildman–Crippen LogP) is 3.59. The zero-order chi connectivity index (χ0) is 12.2. The maximum Gasteiger partial charge on any atom is 0.138 e. The molecule has 0 aromatic carbocycles. The van der Waals surface area contributed by atoms with Crippen LogP contribution in [0.25, 0.3) is 0 Å². The maximum absolute atomic E-state index is 12.2. The van der Waals surface area contributed by atoms with E-state index in [1.165, 1.54) is 19.3 Å². The summed E-state index contributed by atoms with van der Waals surface area (Å²) in [6.45, 7) is 6.21. The van der Waals surface area contributed by atoms with E-state index in [9.17, 15) is 4.79 Å². The zero-order valence-corrected chi connectivity index (χ0v) is 11.2. The van der Waals surface area contributed by atoms with Crippen LogP contribution in [0.2, 0.25) is 0 Å². The van der Waals surface area contributed by atoms with Gasteiger partial charge in [-0.25, -0.2) is 0 Å². The van der Waals surface area contributed by atoms with Crippen molar-refractivity contribution in [2.45, 2.75) is 64.9 Å². The van der Waals surface area contributed by atoms with E-state index in [4.69, 9.17) is 4.74 Å². The Kier molecular flexibility index (Phi) is 4.97. The molecule has 0 aromatic heterocycles. The topological polar surface area (TPSA) is 26.3 Å². The van der Waals surface area contributed by atoms with E-state index in [0.717, 1.165) is 18.8 Å². The molecule has 0 saturated heterocycles. The van der Waals surface area contributed by atoms with Gasteiger partial charge in [0.2, 0.25) is 0 Å². The Morgan fingerprint density at radius 3 is 2.62 bits per heavy atom. The van der Waals surface area contributed by atoms with Crippen LogP contribution < -0.4 is 0 Å². The van der Waals surface area contributed by atoms with Crippen LogP contribution in [0.1, 0.15) is 59.3 Å². The lowest BCUT2D eigenvalue weighted by molar-refractivity contribution is -0.129. The van der Waals surface area contributed by atoms with Crippen molar-refractivity contribution in [1.29, 1.82) is 0 Å². The Morgan fingerprint density at radius 1 is 1.38 bits per heavy atom. The smallest absolute Gasteiger partial charge is 0.138 e. The number of carbonyl (C=O) groups is 1. The lowest BCUT2D eigenvalue weighted by Gasteiger charge is -2.30. The largest absolute Gasteiger partial charge is 0.378 e. The summed E-state index contributed by atoms with van der Waals surface area (Å²) in [5, 5.41) is 0. The van der Waals surface area contributed by atoms with Crippen LogP contribution in [0.5, 0.6) is 0 Å². The van der Waals surface area contributed by atoms with Crippen molar-refractivity contribution in [3.8, 4) is 0 Å². The van der Waals surface area contributed by atoms with Gasteiger partial charge in [0.25, 0.3) is 0 Å². The average molecular weight is 226 g/mol. The van der Waals surface area contributed by atoms with Crippen molar-refractivity contribution in [1.82, 2.24) is 0 Å². The van der Waals surface area contributed by atoms with Gasteiger partial charge in [-0.1, -0.05) is 26.2 Å². The van der Waals surface area contributed by atoms with Crippen LogP contribution in [0.3, 0.4) is 0 Å². The summed E-state index contributed by atoms with van der Waals surface area (Å²) in [5.41, 5.74) is -0.295. The van der Waals surface area contributed by atoms with Gasteiger partial charge in [-0.3, -0.25) is 4.79 Å². The molecule has 2 nitrogen and oxygen atoms in total. The highest BCUT2D eigenvalue weighted by molar-refractivity contribution is 5.82. The standard InChI is InChI=1S/C14H26O2/c1-5-11-7-6-8-12(9-11)13(15)10-14(2,3)16-4/h11-12H,5-10H2,1-4H3. The third-order valence-electron chi connectivity index (χ3n) is 3.97. The van der Waals surface area contributed by atoms with Crippen LogP contribution in [-0.2, 0) is 9.53 Å². The number of ketones is 1. The second kappa shape index (κ2) is 5.81. The fraction of sp³-hybridized carbons (Fsp3) is 0.929. The number of carbonyl (C=O) groups excluding carboxylic acids is 1. The van der Waals surface area contributed by atoms with Gasteiger partial charge in [-0.2, -0.15) is 0 Å². The molecule has 0 bridgehead atoms. The molecule has 16 heavy (non-hydrogen) atoms. The Hall–Kier alpha value is -0.370. The maximum atomic E-state index is 12.2. The normalized spacial score (nSPS) is 26.8. The van der Waals surface area contributed by atoms with E-state index >= 15 is 0 Å². The van der Waals surface area contributed by atoms with Crippen LogP contribution in [0, 0.1) is 11.8 Å². The van der Waals surface area contributed by atoms with E-state index in [1.54, 1.807) is 7.11 Å². The lowest BCUT2D eigenvalue weighted by atomic mass is 9.76. The zero-order valence-electron chi connectivity index (χ0n) is 11.2. The number of hydrogen-bond acceptors (Lipinski definition) is 2. The molecular formula is C14H26O2. The molecule has 0 radical (unpaired) electrons. The average Bonchev–Trinajstić information content (AvgIpc) is 2.28. The highest BCUT2D eigenvalue weighted by atomic mass is 16.5. The van der Waals surface area contributed by atoms with E-state index in [0.29, 0.717) is 18.1 Å². The first-order valence-corrected chi connectivity index (χ1v) is 6.56. The van der Waals surface area contributed by atoms with Gasteiger partial charge in [0.1, 0.15) is 5.78 Å². The third-order valence-corrected chi connectivity index (χ3v) is 3.97. The van der Waals surface area contributed by atoms with Crippen LogP contribution >= 0.6 is 0 Å². The van der Waals surface area contributed by atoms with Gasteiger partial charge in [0, 0.05) is 19.4 Å². The molecular weight excluding hydrogens is 200 g/mol. The number of rotatable bonds is 5. The van der Waals surface area contributed by atoms with Gasteiger partial charge < -0.3 is 4.74 Å². The minimum absolute atomic E-state index is 0.295. The number of Topliss-reactive ketones (excluding diaryl/α,β-unsaturated/α-hetero) is 1. The highest BCUT2D eigenvalue weighted by Gasteiger charge is 2.30. The van der Waals surface area contributed by atoms with E-state index in [2.05, 4.69) is 6.92 Å². The van der Waals surface area contributed by atoms with Gasteiger partial charge >= 0.3 is 0 Å². The molecule has 2 atom stereocenters. The predicted molar refractivity (Wildman–Crippen MR) is 66.5 cm³/mol. The van der Waals surface area contributed by atoms with Crippen LogP contribution in [0.4, 0.5) is 0 Å². The second-order valence-corrected chi connectivity index (χ2v) is 5.74. The Balaban J connectivity index is 2.47. The molecule has 1 rings (SSSR count). The van der Waals surface area contributed by atoms with Gasteiger partial charge in [0.05, 0.1) is 5.60 Å². The lowest BCUT2D eigenvalue weighted by Crippen LogP contribution is -2.31. The Bertz CT molecular complexity index is 233. The van der Waals surface area contributed by atoms with Crippen molar-refractivity contribution in [2.75, 3.05) is 7.11 Å².